The highest BCUT2D eigenvalue weighted by atomic mass is 14.9. The van der Waals surface area contributed by atoms with Gasteiger partial charge in [0.25, 0.3) is 0 Å². The summed E-state index contributed by atoms with van der Waals surface area (Å²) in [7, 11) is 2.14. The molecule has 0 aliphatic heterocycles. The van der Waals surface area contributed by atoms with Gasteiger partial charge in [0.05, 0.1) is 0 Å². The van der Waals surface area contributed by atoms with E-state index in [9.17, 15) is 0 Å². The molecule has 0 spiro atoms. The van der Waals surface area contributed by atoms with Crippen molar-refractivity contribution in [3.63, 3.8) is 0 Å². The van der Waals surface area contributed by atoms with Crippen LogP contribution in [0.15, 0.2) is 66.7 Å². The van der Waals surface area contributed by atoms with Crippen LogP contribution in [0.3, 0.4) is 0 Å². The lowest BCUT2D eigenvalue weighted by Gasteiger charge is -2.09. The monoisotopic (exact) mass is 274 g/mol. The molecule has 0 N–H and O–H groups in total. The SMILES string of the molecule is Cc1ccccc1-c1cccc(-c2ccccc2C)[n+]1C. The molecule has 1 aromatic heterocycles. The summed E-state index contributed by atoms with van der Waals surface area (Å²) in [5.41, 5.74) is 7.67. The van der Waals surface area contributed by atoms with Crippen molar-refractivity contribution >= 4 is 0 Å². The Morgan fingerprint density at radius 3 is 1.43 bits per heavy atom. The second-order valence-corrected chi connectivity index (χ2v) is 5.49. The zero-order valence-electron chi connectivity index (χ0n) is 12.8. The van der Waals surface area contributed by atoms with Gasteiger partial charge in [-0.2, -0.15) is 4.57 Å². The zero-order chi connectivity index (χ0) is 14.8. The van der Waals surface area contributed by atoms with E-state index in [-0.39, 0.29) is 0 Å². The summed E-state index contributed by atoms with van der Waals surface area (Å²) in [4.78, 5) is 0. The van der Waals surface area contributed by atoms with E-state index in [2.05, 4.69) is 92.2 Å². The summed E-state index contributed by atoms with van der Waals surface area (Å²) < 4.78 is 2.28. The maximum Gasteiger partial charge on any atom is 0.213 e. The van der Waals surface area contributed by atoms with Gasteiger partial charge in [-0.25, -0.2) is 0 Å². The second-order valence-electron chi connectivity index (χ2n) is 5.49. The summed E-state index contributed by atoms with van der Waals surface area (Å²) in [5, 5.41) is 0. The molecule has 0 aliphatic carbocycles. The van der Waals surface area contributed by atoms with Gasteiger partial charge >= 0.3 is 0 Å². The van der Waals surface area contributed by atoms with E-state index in [1.54, 1.807) is 0 Å². The lowest BCUT2D eigenvalue weighted by molar-refractivity contribution is -0.649. The summed E-state index contributed by atoms with van der Waals surface area (Å²) in [6, 6.07) is 23.6. The van der Waals surface area contributed by atoms with Gasteiger partial charge in [-0.15, -0.1) is 0 Å². The predicted molar refractivity (Wildman–Crippen MR) is 88.0 cm³/mol. The molecule has 0 fully saturated rings. The van der Waals surface area contributed by atoms with Crippen LogP contribution in [0.5, 0.6) is 0 Å². The molecule has 3 rings (SSSR count). The lowest BCUT2D eigenvalue weighted by Crippen LogP contribution is -2.34. The Morgan fingerprint density at radius 1 is 0.571 bits per heavy atom. The third-order valence-electron chi connectivity index (χ3n) is 4.07. The van der Waals surface area contributed by atoms with E-state index in [1.807, 2.05) is 0 Å². The number of hydrogen-bond acceptors (Lipinski definition) is 0. The highest BCUT2D eigenvalue weighted by Gasteiger charge is 2.17. The summed E-state index contributed by atoms with van der Waals surface area (Å²) in [5.74, 6) is 0. The molecule has 21 heavy (non-hydrogen) atoms. The molecule has 2 aromatic carbocycles. The normalized spacial score (nSPS) is 10.6. The fourth-order valence-corrected chi connectivity index (χ4v) is 2.85. The van der Waals surface area contributed by atoms with E-state index in [0.717, 1.165) is 0 Å². The summed E-state index contributed by atoms with van der Waals surface area (Å²) in [6.07, 6.45) is 0. The van der Waals surface area contributed by atoms with Crippen LogP contribution in [0, 0.1) is 13.8 Å². The van der Waals surface area contributed by atoms with Gasteiger partial charge in [0.15, 0.2) is 0 Å². The number of hydrogen-bond donors (Lipinski definition) is 0. The third kappa shape index (κ3) is 2.47. The highest BCUT2D eigenvalue weighted by molar-refractivity contribution is 5.65. The van der Waals surface area contributed by atoms with Crippen LogP contribution < -0.4 is 4.57 Å². The standard InChI is InChI=1S/C20H20N/c1-15-9-4-6-11-17(15)19-13-8-14-20(21(19)3)18-12-7-5-10-16(18)2/h4-14H,1-3H3/q+1. The van der Waals surface area contributed by atoms with Crippen LogP contribution in [-0.2, 0) is 7.05 Å². The quantitative estimate of drug-likeness (QED) is 0.607. The van der Waals surface area contributed by atoms with Crippen molar-refractivity contribution in [1.82, 2.24) is 0 Å². The van der Waals surface area contributed by atoms with Crippen molar-refractivity contribution in [2.75, 3.05) is 0 Å². The van der Waals surface area contributed by atoms with Crippen molar-refractivity contribution in [3.05, 3.63) is 77.9 Å². The first-order valence-electron chi connectivity index (χ1n) is 7.29. The number of benzene rings is 2. The molecule has 104 valence electrons. The molecule has 0 bridgehead atoms. The Hall–Kier alpha value is -2.41. The van der Waals surface area contributed by atoms with Crippen molar-refractivity contribution in [3.8, 4) is 22.5 Å². The van der Waals surface area contributed by atoms with Crippen LogP contribution >= 0.6 is 0 Å². The van der Waals surface area contributed by atoms with Crippen LogP contribution in [0.25, 0.3) is 22.5 Å². The van der Waals surface area contributed by atoms with E-state index in [4.69, 9.17) is 0 Å². The Kier molecular flexibility index (Phi) is 3.57. The van der Waals surface area contributed by atoms with Gasteiger partial charge in [-0.05, 0) is 43.2 Å². The average Bonchev–Trinajstić information content (AvgIpc) is 2.49. The molecule has 0 saturated heterocycles. The first-order valence-corrected chi connectivity index (χ1v) is 7.29. The Bertz CT molecular complexity index is 724. The molecule has 1 nitrogen and oxygen atoms in total. The molecular weight excluding hydrogens is 254 g/mol. The fourth-order valence-electron chi connectivity index (χ4n) is 2.85. The van der Waals surface area contributed by atoms with Crippen LogP contribution in [-0.4, -0.2) is 0 Å². The maximum absolute atomic E-state index is 2.28. The van der Waals surface area contributed by atoms with Gasteiger partial charge in [-0.1, -0.05) is 36.4 Å². The van der Waals surface area contributed by atoms with Gasteiger partial charge in [0.1, 0.15) is 7.05 Å². The molecule has 0 radical (unpaired) electrons. The molecule has 1 heterocycles. The maximum atomic E-state index is 2.28. The van der Waals surface area contributed by atoms with Crippen molar-refractivity contribution in [2.24, 2.45) is 7.05 Å². The number of rotatable bonds is 2. The first kappa shape index (κ1) is 13.6. The van der Waals surface area contributed by atoms with Crippen LogP contribution in [0.1, 0.15) is 11.1 Å². The van der Waals surface area contributed by atoms with Crippen molar-refractivity contribution in [1.29, 1.82) is 0 Å². The second kappa shape index (κ2) is 5.53. The predicted octanol–water partition coefficient (Wildman–Crippen LogP) is 4.46. The Labute approximate surface area is 126 Å². The van der Waals surface area contributed by atoms with E-state index in [0.29, 0.717) is 0 Å². The highest BCUT2D eigenvalue weighted by Crippen LogP contribution is 2.24. The minimum Gasteiger partial charge on any atom is -0.194 e. The number of aryl methyl sites for hydroxylation is 2. The summed E-state index contributed by atoms with van der Waals surface area (Å²) in [6.45, 7) is 4.32. The topological polar surface area (TPSA) is 3.88 Å². The van der Waals surface area contributed by atoms with Crippen LogP contribution in [0.2, 0.25) is 0 Å². The van der Waals surface area contributed by atoms with Crippen molar-refractivity contribution < 1.29 is 4.57 Å². The number of pyridine rings is 1. The smallest absolute Gasteiger partial charge is 0.194 e. The van der Waals surface area contributed by atoms with Crippen LogP contribution in [0.4, 0.5) is 0 Å². The van der Waals surface area contributed by atoms with Crippen molar-refractivity contribution in [2.45, 2.75) is 13.8 Å². The molecule has 1 heteroatoms. The van der Waals surface area contributed by atoms with E-state index in [1.165, 1.54) is 33.6 Å². The molecule has 0 saturated carbocycles. The Balaban J connectivity index is 2.21. The molecule has 0 atom stereocenters. The number of nitrogens with zero attached hydrogens (tertiary/aromatic N) is 1. The lowest BCUT2D eigenvalue weighted by atomic mass is 10.0. The largest absolute Gasteiger partial charge is 0.213 e. The van der Waals surface area contributed by atoms with Gasteiger partial charge in [0, 0.05) is 23.3 Å². The van der Waals surface area contributed by atoms with E-state index >= 15 is 0 Å². The molecule has 0 aliphatic rings. The first-order chi connectivity index (χ1) is 10.2. The van der Waals surface area contributed by atoms with Gasteiger partial charge in [-0.3, -0.25) is 0 Å². The van der Waals surface area contributed by atoms with E-state index < -0.39 is 0 Å². The third-order valence-corrected chi connectivity index (χ3v) is 4.07. The minimum atomic E-state index is 1.24. The molecular formula is C20H20N+. The Morgan fingerprint density at radius 2 is 1.00 bits per heavy atom. The minimum absolute atomic E-state index is 1.24. The fraction of sp³-hybridized carbons (Fsp3) is 0.150. The summed E-state index contributed by atoms with van der Waals surface area (Å²) >= 11 is 0. The number of aromatic nitrogens is 1. The van der Waals surface area contributed by atoms with Gasteiger partial charge in [0.2, 0.25) is 11.4 Å². The zero-order valence-corrected chi connectivity index (χ0v) is 12.8. The molecule has 0 amide bonds. The average molecular weight is 274 g/mol. The molecule has 3 aromatic rings. The van der Waals surface area contributed by atoms with Gasteiger partial charge < -0.3 is 0 Å². The molecule has 0 unspecified atom stereocenters.